The molecule has 0 radical (unpaired) electrons. The molecule has 0 atom stereocenters. The molecular weight excluding hydrogens is 328 g/mol. The molecule has 0 fully saturated rings. The summed E-state index contributed by atoms with van der Waals surface area (Å²) in [5.41, 5.74) is 3.05. The van der Waals surface area contributed by atoms with Crippen LogP contribution in [0, 0.1) is 22.7 Å². The number of benzene rings is 1. The van der Waals surface area contributed by atoms with Crippen molar-refractivity contribution in [1.29, 1.82) is 10.5 Å². The van der Waals surface area contributed by atoms with Gasteiger partial charge in [-0.05, 0) is 24.3 Å². The molecule has 8 heteroatoms. The topological polar surface area (TPSA) is 123 Å². The lowest BCUT2D eigenvalue weighted by atomic mass is 10.0. The van der Waals surface area contributed by atoms with Crippen LogP contribution < -0.4 is 10.6 Å². The molecule has 0 bridgehead atoms. The fraction of sp³-hybridized carbons (Fsp3) is 0. The van der Waals surface area contributed by atoms with Crippen molar-refractivity contribution in [3.8, 4) is 12.1 Å². The molecule has 2 N–H and O–H groups in total. The van der Waals surface area contributed by atoms with Crippen LogP contribution in [0.15, 0.2) is 36.7 Å². The average molecular weight is 336 g/mol. The number of aromatic nitrogens is 4. The molecule has 0 amide bonds. The zero-order chi connectivity index (χ0) is 17.7. The molecule has 3 aromatic heterocycles. The lowest BCUT2D eigenvalue weighted by Crippen LogP contribution is -2.13. The van der Waals surface area contributed by atoms with Crippen molar-refractivity contribution in [3.63, 3.8) is 0 Å². The molecule has 1 aliphatic heterocycles. The van der Waals surface area contributed by atoms with Crippen LogP contribution >= 0.6 is 0 Å². The van der Waals surface area contributed by atoms with Gasteiger partial charge in [-0.2, -0.15) is 10.5 Å². The number of fused-ring (bicyclic) bond motifs is 7. The molecule has 0 spiro atoms. The van der Waals surface area contributed by atoms with Gasteiger partial charge in [-0.3, -0.25) is 9.97 Å². The highest BCUT2D eigenvalue weighted by Crippen LogP contribution is 2.45. The Morgan fingerprint density at radius 3 is 1.62 bits per heavy atom. The summed E-state index contributed by atoms with van der Waals surface area (Å²) in [6.07, 6.45) is 3.44. The van der Waals surface area contributed by atoms with Crippen LogP contribution in [0.5, 0.6) is 0 Å². The van der Waals surface area contributed by atoms with E-state index in [9.17, 15) is 10.5 Å². The molecule has 8 nitrogen and oxygen atoms in total. The fourth-order valence-electron chi connectivity index (χ4n) is 3.12. The first-order chi connectivity index (χ1) is 12.8. The minimum atomic E-state index is -0.0195. The van der Waals surface area contributed by atoms with Crippen LogP contribution in [-0.2, 0) is 0 Å². The van der Waals surface area contributed by atoms with Crippen molar-refractivity contribution in [2.75, 3.05) is 10.6 Å². The van der Waals surface area contributed by atoms with Gasteiger partial charge in [0.2, 0.25) is 0 Å². The minimum absolute atomic E-state index is 0.0195. The van der Waals surface area contributed by atoms with E-state index in [1.165, 1.54) is 0 Å². The smallest absolute Gasteiger partial charge is 0.179 e. The lowest BCUT2D eigenvalue weighted by Gasteiger charge is -2.24. The summed E-state index contributed by atoms with van der Waals surface area (Å²) >= 11 is 0. The number of nitrogens with zero attached hydrogens (tertiary/aromatic N) is 6. The second-order valence-corrected chi connectivity index (χ2v) is 5.64. The minimum Gasteiger partial charge on any atom is -0.335 e. The van der Waals surface area contributed by atoms with E-state index in [0.29, 0.717) is 11.6 Å². The van der Waals surface area contributed by atoms with Crippen molar-refractivity contribution < 1.29 is 0 Å². The number of nitrogens with one attached hydrogen (secondary N) is 2. The predicted molar refractivity (Wildman–Crippen MR) is 95.1 cm³/mol. The quantitative estimate of drug-likeness (QED) is 0.413. The van der Waals surface area contributed by atoms with Gasteiger partial charge >= 0.3 is 0 Å². The maximum Gasteiger partial charge on any atom is 0.179 e. The fourth-order valence-corrected chi connectivity index (χ4v) is 3.12. The highest BCUT2D eigenvalue weighted by molar-refractivity contribution is 6.19. The van der Waals surface area contributed by atoms with E-state index in [2.05, 4.69) is 30.6 Å². The number of hydrogen-bond acceptors (Lipinski definition) is 8. The first-order valence-corrected chi connectivity index (χ1v) is 7.72. The van der Waals surface area contributed by atoms with Crippen LogP contribution in [0.4, 0.5) is 23.0 Å². The summed E-state index contributed by atoms with van der Waals surface area (Å²) < 4.78 is 0. The standard InChI is InChI=1S/C18H8N8/c19-7-11-12(8-20)24-18-17(23-11)25-15-9-3-1-5-21-13(9)14-10(16(15)26-18)4-2-6-22-14/h1-6H,(H,23,25)(H,24,26). The molecule has 5 rings (SSSR count). The number of hydrogen-bond donors (Lipinski definition) is 2. The van der Waals surface area contributed by atoms with Crippen LogP contribution in [0.2, 0.25) is 0 Å². The Kier molecular flexibility index (Phi) is 2.76. The molecule has 1 aromatic carbocycles. The molecule has 26 heavy (non-hydrogen) atoms. The summed E-state index contributed by atoms with van der Waals surface area (Å²) in [5, 5.41) is 26.6. The van der Waals surface area contributed by atoms with Crippen molar-refractivity contribution in [2.45, 2.75) is 0 Å². The normalized spacial score (nSPS) is 11.6. The summed E-state index contributed by atoms with van der Waals surface area (Å²) in [4.78, 5) is 17.4. The zero-order valence-electron chi connectivity index (χ0n) is 13.1. The number of nitriles is 2. The van der Waals surface area contributed by atoms with E-state index in [1.807, 2.05) is 36.4 Å². The summed E-state index contributed by atoms with van der Waals surface area (Å²) in [5.74, 6) is 0.780. The predicted octanol–water partition coefficient (Wildman–Crippen LogP) is 3.12. The molecule has 1 aliphatic rings. The maximum absolute atomic E-state index is 9.19. The van der Waals surface area contributed by atoms with Gasteiger partial charge in [0.1, 0.15) is 12.1 Å². The van der Waals surface area contributed by atoms with Crippen LogP contribution in [0.3, 0.4) is 0 Å². The van der Waals surface area contributed by atoms with E-state index in [0.717, 1.165) is 33.2 Å². The Hall–Kier alpha value is -4.30. The molecule has 0 aliphatic carbocycles. The first-order valence-electron chi connectivity index (χ1n) is 7.72. The van der Waals surface area contributed by atoms with Crippen molar-refractivity contribution >= 4 is 44.8 Å². The van der Waals surface area contributed by atoms with E-state index in [-0.39, 0.29) is 11.4 Å². The van der Waals surface area contributed by atoms with Gasteiger partial charge in [0.05, 0.1) is 22.4 Å². The van der Waals surface area contributed by atoms with Crippen molar-refractivity contribution in [1.82, 2.24) is 19.9 Å². The Bertz CT molecular complexity index is 1210. The van der Waals surface area contributed by atoms with Crippen LogP contribution in [-0.4, -0.2) is 19.9 Å². The van der Waals surface area contributed by atoms with Crippen LogP contribution in [0.1, 0.15) is 11.4 Å². The van der Waals surface area contributed by atoms with Gasteiger partial charge in [0.25, 0.3) is 0 Å². The van der Waals surface area contributed by atoms with E-state index in [1.54, 1.807) is 12.4 Å². The van der Waals surface area contributed by atoms with Crippen LogP contribution in [0.25, 0.3) is 21.8 Å². The second-order valence-electron chi connectivity index (χ2n) is 5.64. The highest BCUT2D eigenvalue weighted by atomic mass is 15.2. The second kappa shape index (κ2) is 5.10. The Labute approximate surface area is 146 Å². The molecule has 0 saturated carbocycles. The van der Waals surface area contributed by atoms with Gasteiger partial charge < -0.3 is 10.6 Å². The third-order valence-corrected chi connectivity index (χ3v) is 4.22. The third kappa shape index (κ3) is 1.81. The zero-order valence-corrected chi connectivity index (χ0v) is 13.1. The molecule has 4 aromatic rings. The summed E-state index contributed by atoms with van der Waals surface area (Å²) in [6, 6.07) is 11.4. The van der Waals surface area contributed by atoms with Gasteiger partial charge in [-0.15, -0.1) is 0 Å². The van der Waals surface area contributed by atoms with E-state index < -0.39 is 0 Å². The summed E-state index contributed by atoms with van der Waals surface area (Å²) in [7, 11) is 0. The van der Waals surface area contributed by atoms with Gasteiger partial charge in [0, 0.05) is 23.2 Å². The molecule has 0 unspecified atom stereocenters. The highest BCUT2D eigenvalue weighted by Gasteiger charge is 2.24. The van der Waals surface area contributed by atoms with Gasteiger partial charge in [-0.1, -0.05) is 0 Å². The molecule has 4 heterocycles. The molecular formula is C18H8N8. The Morgan fingerprint density at radius 1 is 0.731 bits per heavy atom. The van der Waals surface area contributed by atoms with E-state index in [4.69, 9.17) is 0 Å². The third-order valence-electron chi connectivity index (χ3n) is 4.22. The first kappa shape index (κ1) is 14.1. The largest absolute Gasteiger partial charge is 0.335 e. The Morgan fingerprint density at radius 2 is 1.19 bits per heavy atom. The van der Waals surface area contributed by atoms with Gasteiger partial charge in [0.15, 0.2) is 23.0 Å². The van der Waals surface area contributed by atoms with E-state index >= 15 is 0 Å². The molecule has 0 saturated heterocycles. The number of pyridine rings is 2. The summed E-state index contributed by atoms with van der Waals surface area (Å²) in [6.45, 7) is 0. The SMILES string of the molecule is N#Cc1nc2c(nc1C#N)Nc1c(c3cccnc3c3ncccc13)N2. The van der Waals surface area contributed by atoms with Gasteiger partial charge in [-0.25, -0.2) is 9.97 Å². The number of rotatable bonds is 0. The van der Waals surface area contributed by atoms with Crippen molar-refractivity contribution in [2.24, 2.45) is 0 Å². The Balaban J connectivity index is 1.85. The van der Waals surface area contributed by atoms with Crippen molar-refractivity contribution in [3.05, 3.63) is 48.0 Å². The molecule has 120 valence electrons. The number of anilines is 4. The monoisotopic (exact) mass is 336 g/mol. The maximum atomic E-state index is 9.19. The lowest BCUT2D eigenvalue weighted by molar-refractivity contribution is 1.12. The average Bonchev–Trinajstić information content (AvgIpc) is 2.71.